The molecule has 0 radical (unpaired) electrons. The van der Waals surface area contributed by atoms with Crippen molar-refractivity contribution in [2.75, 3.05) is 6.61 Å². The number of furan rings is 1. The molecule has 0 amide bonds. The fourth-order valence-electron chi connectivity index (χ4n) is 2.54. The van der Waals surface area contributed by atoms with Gasteiger partial charge in [-0.2, -0.15) is 0 Å². The molecule has 0 atom stereocenters. The molecular formula is C17H21BO5. The molecule has 0 unspecified atom stereocenters. The second-order valence-corrected chi connectivity index (χ2v) is 6.71. The Bertz CT molecular complexity index is 731. The van der Waals surface area contributed by atoms with Crippen molar-refractivity contribution >= 4 is 29.5 Å². The molecule has 1 aromatic heterocycles. The van der Waals surface area contributed by atoms with Crippen LogP contribution in [0.25, 0.3) is 11.0 Å². The average Bonchev–Trinajstić information content (AvgIpc) is 2.97. The van der Waals surface area contributed by atoms with Crippen LogP contribution in [0, 0.1) is 0 Å². The standard InChI is InChI=1S/C17H21BO5/c1-6-20-15(19)13-10-21-14-9-11(7-8-12(13)14)18-22-16(2,3)17(4,5)23-18/h7-10H,6H2,1-5H3. The molecule has 1 aromatic carbocycles. The monoisotopic (exact) mass is 316 g/mol. The third-order valence-electron chi connectivity index (χ3n) is 4.62. The number of benzene rings is 1. The predicted octanol–water partition coefficient (Wildman–Crippen LogP) is 2.91. The van der Waals surface area contributed by atoms with E-state index in [2.05, 4.69) is 0 Å². The summed E-state index contributed by atoms with van der Waals surface area (Å²) in [5.74, 6) is -0.380. The van der Waals surface area contributed by atoms with Gasteiger partial charge >= 0.3 is 13.1 Å². The van der Waals surface area contributed by atoms with Crippen molar-refractivity contribution in [3.05, 3.63) is 30.0 Å². The van der Waals surface area contributed by atoms with Crippen LogP contribution in [0.4, 0.5) is 0 Å². The van der Waals surface area contributed by atoms with Crippen LogP contribution in [0.2, 0.25) is 0 Å². The summed E-state index contributed by atoms with van der Waals surface area (Å²) < 4.78 is 22.6. The quantitative estimate of drug-likeness (QED) is 0.644. The van der Waals surface area contributed by atoms with E-state index in [1.807, 2.05) is 45.9 Å². The van der Waals surface area contributed by atoms with Gasteiger partial charge in [0.15, 0.2) is 0 Å². The molecule has 0 spiro atoms. The lowest BCUT2D eigenvalue weighted by molar-refractivity contribution is 0.00578. The molecule has 1 aliphatic rings. The summed E-state index contributed by atoms with van der Waals surface area (Å²) in [4.78, 5) is 11.9. The summed E-state index contributed by atoms with van der Waals surface area (Å²) in [7, 11) is -0.458. The van der Waals surface area contributed by atoms with Crippen LogP contribution in [0.5, 0.6) is 0 Å². The number of fused-ring (bicyclic) bond motifs is 1. The Kier molecular flexibility index (Phi) is 3.77. The van der Waals surface area contributed by atoms with E-state index in [1.54, 1.807) is 6.92 Å². The minimum absolute atomic E-state index is 0.331. The largest absolute Gasteiger partial charge is 0.494 e. The van der Waals surface area contributed by atoms with Crippen LogP contribution in [0.1, 0.15) is 45.0 Å². The zero-order valence-electron chi connectivity index (χ0n) is 14.1. The Morgan fingerprint density at radius 1 is 1.17 bits per heavy atom. The van der Waals surface area contributed by atoms with Gasteiger partial charge in [-0.25, -0.2) is 4.79 Å². The van der Waals surface area contributed by atoms with Gasteiger partial charge in [-0.15, -0.1) is 0 Å². The third kappa shape index (κ3) is 2.66. The summed E-state index contributed by atoms with van der Waals surface area (Å²) in [5.41, 5.74) is 1.11. The summed E-state index contributed by atoms with van der Waals surface area (Å²) in [6.07, 6.45) is 1.43. The van der Waals surface area contributed by atoms with Gasteiger partial charge in [-0.05, 0) is 46.1 Å². The number of hydrogen-bond acceptors (Lipinski definition) is 5. The molecule has 0 bridgehead atoms. The van der Waals surface area contributed by atoms with Gasteiger partial charge < -0.3 is 18.5 Å². The highest BCUT2D eigenvalue weighted by Gasteiger charge is 2.51. The minimum atomic E-state index is -0.458. The van der Waals surface area contributed by atoms with E-state index in [1.165, 1.54) is 6.26 Å². The van der Waals surface area contributed by atoms with Crippen LogP contribution in [-0.4, -0.2) is 30.9 Å². The Morgan fingerprint density at radius 3 is 2.43 bits per heavy atom. The number of carbonyl (C=O) groups is 1. The van der Waals surface area contributed by atoms with Gasteiger partial charge in [0.05, 0.1) is 17.8 Å². The van der Waals surface area contributed by atoms with Crippen molar-refractivity contribution in [1.29, 1.82) is 0 Å². The van der Waals surface area contributed by atoms with Crippen molar-refractivity contribution in [3.8, 4) is 0 Å². The van der Waals surface area contributed by atoms with Crippen molar-refractivity contribution < 1.29 is 23.3 Å². The van der Waals surface area contributed by atoms with E-state index in [9.17, 15) is 4.79 Å². The van der Waals surface area contributed by atoms with Gasteiger partial charge in [0, 0.05) is 5.39 Å². The lowest BCUT2D eigenvalue weighted by Crippen LogP contribution is -2.41. The molecule has 2 heterocycles. The fraction of sp³-hybridized carbons (Fsp3) is 0.471. The first-order valence-electron chi connectivity index (χ1n) is 7.79. The Hall–Kier alpha value is -1.79. The molecular weight excluding hydrogens is 295 g/mol. The van der Waals surface area contributed by atoms with Crippen molar-refractivity contribution in [1.82, 2.24) is 0 Å². The maximum absolute atomic E-state index is 11.9. The predicted molar refractivity (Wildman–Crippen MR) is 87.9 cm³/mol. The van der Waals surface area contributed by atoms with E-state index >= 15 is 0 Å². The van der Waals surface area contributed by atoms with E-state index < -0.39 is 18.3 Å². The first kappa shape index (κ1) is 16.1. The highest BCUT2D eigenvalue weighted by Crippen LogP contribution is 2.36. The average molecular weight is 316 g/mol. The third-order valence-corrected chi connectivity index (χ3v) is 4.62. The molecule has 3 rings (SSSR count). The summed E-state index contributed by atoms with van der Waals surface area (Å²) in [6.45, 7) is 10.1. The van der Waals surface area contributed by atoms with Crippen molar-refractivity contribution in [2.45, 2.75) is 45.8 Å². The second-order valence-electron chi connectivity index (χ2n) is 6.71. The van der Waals surface area contributed by atoms with Gasteiger partial charge in [0.25, 0.3) is 0 Å². The second kappa shape index (κ2) is 5.39. The van der Waals surface area contributed by atoms with Crippen LogP contribution in [-0.2, 0) is 14.0 Å². The molecule has 0 saturated carbocycles. The summed E-state index contributed by atoms with van der Waals surface area (Å²) in [5, 5.41) is 0.726. The van der Waals surface area contributed by atoms with Crippen LogP contribution < -0.4 is 5.46 Å². The summed E-state index contributed by atoms with van der Waals surface area (Å²) in [6, 6.07) is 5.58. The zero-order chi connectivity index (χ0) is 16.8. The molecule has 6 heteroatoms. The molecule has 1 aliphatic heterocycles. The SMILES string of the molecule is CCOC(=O)c1coc2cc(B3OC(C)(C)C(C)(C)O3)ccc12. The minimum Gasteiger partial charge on any atom is -0.463 e. The lowest BCUT2D eigenvalue weighted by atomic mass is 9.79. The Labute approximate surface area is 136 Å². The van der Waals surface area contributed by atoms with Crippen molar-refractivity contribution in [3.63, 3.8) is 0 Å². The highest BCUT2D eigenvalue weighted by molar-refractivity contribution is 6.62. The molecule has 0 aliphatic carbocycles. The number of hydrogen-bond donors (Lipinski definition) is 0. The van der Waals surface area contributed by atoms with Gasteiger partial charge in [0.2, 0.25) is 0 Å². The number of ether oxygens (including phenoxy) is 1. The molecule has 23 heavy (non-hydrogen) atoms. The number of carbonyl (C=O) groups excluding carboxylic acids is 1. The number of esters is 1. The normalized spacial score (nSPS) is 19.3. The zero-order valence-corrected chi connectivity index (χ0v) is 14.1. The maximum atomic E-state index is 11.9. The maximum Gasteiger partial charge on any atom is 0.494 e. The van der Waals surface area contributed by atoms with E-state index in [0.29, 0.717) is 17.8 Å². The molecule has 5 nitrogen and oxygen atoms in total. The molecule has 2 aromatic rings. The van der Waals surface area contributed by atoms with Gasteiger partial charge in [-0.1, -0.05) is 12.1 Å². The summed E-state index contributed by atoms with van der Waals surface area (Å²) >= 11 is 0. The molecule has 0 N–H and O–H groups in total. The first-order valence-corrected chi connectivity index (χ1v) is 7.79. The lowest BCUT2D eigenvalue weighted by Gasteiger charge is -2.32. The van der Waals surface area contributed by atoms with Crippen LogP contribution in [0.15, 0.2) is 28.9 Å². The topological polar surface area (TPSA) is 57.9 Å². The van der Waals surface area contributed by atoms with E-state index in [4.69, 9.17) is 18.5 Å². The first-order chi connectivity index (χ1) is 10.7. The van der Waals surface area contributed by atoms with Gasteiger partial charge in [-0.3, -0.25) is 0 Å². The highest BCUT2D eigenvalue weighted by atomic mass is 16.7. The Balaban J connectivity index is 1.92. The van der Waals surface area contributed by atoms with E-state index in [-0.39, 0.29) is 5.97 Å². The molecule has 1 fully saturated rings. The van der Waals surface area contributed by atoms with Crippen LogP contribution in [0.3, 0.4) is 0 Å². The fourth-order valence-corrected chi connectivity index (χ4v) is 2.54. The molecule has 122 valence electrons. The van der Waals surface area contributed by atoms with Gasteiger partial charge in [0.1, 0.15) is 17.4 Å². The van der Waals surface area contributed by atoms with Crippen molar-refractivity contribution in [2.24, 2.45) is 0 Å². The Morgan fingerprint density at radius 2 is 1.83 bits per heavy atom. The molecule has 1 saturated heterocycles. The van der Waals surface area contributed by atoms with Crippen LogP contribution >= 0.6 is 0 Å². The number of rotatable bonds is 3. The van der Waals surface area contributed by atoms with E-state index in [0.717, 1.165) is 10.8 Å². The smallest absolute Gasteiger partial charge is 0.463 e.